The van der Waals surface area contributed by atoms with E-state index in [-0.39, 0.29) is 22.8 Å². The summed E-state index contributed by atoms with van der Waals surface area (Å²) in [6.45, 7) is 3.66. The third-order valence-electron chi connectivity index (χ3n) is 9.72. The Hall–Kier alpha value is -3.50. The molecule has 2 aromatic carbocycles. The van der Waals surface area contributed by atoms with Gasteiger partial charge in [-0.05, 0) is 89.1 Å². The minimum absolute atomic E-state index is 0.0725. The molecule has 2 aromatic heterocycles. The number of H-pyrrole nitrogens is 1. The lowest BCUT2D eigenvalue weighted by Crippen LogP contribution is -2.38. The minimum atomic E-state index is -0.421. The molecule has 4 aromatic rings. The van der Waals surface area contributed by atoms with Gasteiger partial charge in [-0.25, -0.2) is 4.39 Å². The Morgan fingerprint density at radius 3 is 2.80 bits per heavy atom. The van der Waals surface area contributed by atoms with E-state index in [1.165, 1.54) is 0 Å². The maximum Gasteiger partial charge on any atom is 0.319 e. The van der Waals surface area contributed by atoms with Gasteiger partial charge in [-0.2, -0.15) is 15.1 Å². The summed E-state index contributed by atoms with van der Waals surface area (Å²) < 4.78 is 23.3. The Bertz CT molecular complexity index is 1740. The van der Waals surface area contributed by atoms with Crippen molar-refractivity contribution in [2.45, 2.75) is 57.8 Å². The topological polar surface area (TPSA) is 99.3 Å². The molecule has 5 heterocycles. The molecule has 0 radical (unpaired) electrons. The molecule has 1 amide bonds. The molecule has 3 aliphatic heterocycles. The zero-order valence-electron chi connectivity index (χ0n) is 26.1. The van der Waals surface area contributed by atoms with Crippen molar-refractivity contribution >= 4 is 45.1 Å². The molecule has 11 heteroatoms. The zero-order chi connectivity index (χ0) is 31.1. The van der Waals surface area contributed by atoms with E-state index >= 15 is 4.39 Å². The van der Waals surface area contributed by atoms with Crippen LogP contribution in [0.15, 0.2) is 24.4 Å². The number of benzene rings is 2. The molecule has 1 aliphatic carbocycles. The molecular formula is C34H41ClFN7O2. The van der Waals surface area contributed by atoms with E-state index in [4.69, 9.17) is 26.3 Å². The molecule has 2 fully saturated rings. The van der Waals surface area contributed by atoms with Crippen molar-refractivity contribution in [1.82, 2.24) is 30.4 Å². The van der Waals surface area contributed by atoms with E-state index in [1.807, 2.05) is 18.2 Å². The molecule has 45 heavy (non-hydrogen) atoms. The van der Waals surface area contributed by atoms with Gasteiger partial charge in [0.05, 0.1) is 18.3 Å². The smallest absolute Gasteiger partial charge is 0.319 e. The van der Waals surface area contributed by atoms with Crippen molar-refractivity contribution < 1.29 is 13.9 Å². The van der Waals surface area contributed by atoms with E-state index in [1.54, 1.807) is 6.20 Å². The van der Waals surface area contributed by atoms with E-state index in [0.29, 0.717) is 59.3 Å². The van der Waals surface area contributed by atoms with Crippen molar-refractivity contribution in [3.05, 3.63) is 40.8 Å². The molecule has 2 N–H and O–H groups in total. The average Bonchev–Trinajstić information content (AvgIpc) is 3.62. The van der Waals surface area contributed by atoms with Gasteiger partial charge in [0.2, 0.25) is 5.91 Å². The van der Waals surface area contributed by atoms with Crippen LogP contribution in [0.25, 0.3) is 32.9 Å². The number of anilines is 1. The molecule has 4 aliphatic rings. The number of aromatic amines is 1. The highest BCUT2D eigenvalue weighted by molar-refractivity contribution is 6.33. The third-order valence-corrected chi connectivity index (χ3v) is 10.1. The Morgan fingerprint density at radius 2 is 1.98 bits per heavy atom. The lowest BCUT2D eigenvalue weighted by Gasteiger charge is -2.34. The molecule has 0 spiro atoms. The minimum Gasteiger partial charge on any atom is -0.463 e. The number of aromatic nitrogens is 4. The number of hydrogen-bond acceptors (Lipinski definition) is 7. The normalized spacial score (nSPS) is 20.3. The van der Waals surface area contributed by atoms with Gasteiger partial charge in [0.25, 0.3) is 0 Å². The fraction of sp³-hybridized carbons (Fsp3) is 0.529. The van der Waals surface area contributed by atoms with Crippen LogP contribution in [-0.2, 0) is 11.2 Å². The Labute approximate surface area is 267 Å². The van der Waals surface area contributed by atoms with E-state index in [9.17, 15) is 4.79 Å². The summed E-state index contributed by atoms with van der Waals surface area (Å²) in [7, 11) is 4.15. The van der Waals surface area contributed by atoms with E-state index < -0.39 is 5.82 Å². The van der Waals surface area contributed by atoms with Crippen molar-refractivity contribution in [2.75, 3.05) is 51.8 Å². The first-order valence-electron chi connectivity index (χ1n) is 16.2. The van der Waals surface area contributed by atoms with Gasteiger partial charge in [0.15, 0.2) is 5.82 Å². The predicted octanol–water partition coefficient (Wildman–Crippen LogP) is 6.14. The number of amides is 1. The number of ether oxygens (including phenoxy) is 1. The van der Waals surface area contributed by atoms with Gasteiger partial charge in [0, 0.05) is 64.9 Å². The first kappa shape index (κ1) is 30.2. The average molecular weight is 634 g/mol. The standard InChI is InChI=1S/C34H41ClFN7O2/c1-42(2)19-34(12-13-34)20-45-33-39-31-24-10-9-23(30(31)36)29-22(26(35)16-27-25(29)17-38-41-27)7-3-4-8-28(44)37-14-11-21-6-5-15-43(18-21)32(24)40-33/h9-10,16-17,21H,3-8,11-15,18-20H2,1-2H3,(H,37,44)(H,38,41)/t21-/m0/s1. The third kappa shape index (κ3) is 6.19. The first-order valence-corrected chi connectivity index (χ1v) is 16.6. The highest BCUT2D eigenvalue weighted by Crippen LogP contribution is 2.46. The number of halogens is 2. The summed E-state index contributed by atoms with van der Waals surface area (Å²) in [6.07, 6.45) is 9.40. The van der Waals surface area contributed by atoms with Crippen LogP contribution in [0.4, 0.5) is 10.2 Å². The predicted molar refractivity (Wildman–Crippen MR) is 175 cm³/mol. The second kappa shape index (κ2) is 12.4. The number of nitrogens with zero attached hydrogens (tertiary/aromatic N) is 5. The van der Waals surface area contributed by atoms with Gasteiger partial charge in [0.1, 0.15) is 11.3 Å². The summed E-state index contributed by atoms with van der Waals surface area (Å²) in [5.41, 5.74) is 3.04. The molecule has 1 saturated carbocycles. The van der Waals surface area contributed by atoms with Gasteiger partial charge in [-0.3, -0.25) is 9.89 Å². The zero-order valence-corrected chi connectivity index (χ0v) is 26.9. The highest BCUT2D eigenvalue weighted by Gasteiger charge is 2.44. The summed E-state index contributed by atoms with van der Waals surface area (Å²) >= 11 is 6.85. The number of rotatable bonds is 5. The van der Waals surface area contributed by atoms with Crippen molar-refractivity contribution in [3.8, 4) is 17.1 Å². The molecule has 9 nitrogen and oxygen atoms in total. The van der Waals surface area contributed by atoms with Crippen LogP contribution in [0.1, 0.15) is 56.9 Å². The number of carbonyl (C=O) groups is 1. The number of carbonyl (C=O) groups excluding carboxylic acids is 1. The van der Waals surface area contributed by atoms with Crippen molar-refractivity contribution in [1.29, 1.82) is 0 Å². The van der Waals surface area contributed by atoms with Gasteiger partial charge < -0.3 is 19.9 Å². The second-order valence-corrected chi connectivity index (χ2v) is 13.9. The van der Waals surface area contributed by atoms with Crippen LogP contribution in [0.5, 0.6) is 6.01 Å². The molecule has 1 atom stereocenters. The first-order chi connectivity index (χ1) is 21.8. The number of nitrogens with one attached hydrogen (secondary N) is 2. The SMILES string of the molecule is CN(C)CC1(COc2nc3c4ccc(c(F)c4n2)-c2c(c(Cl)cc4[nH]ncc24)CCCCC(=O)NCC[C@@H]2CCCN3C2)CC1. The summed E-state index contributed by atoms with van der Waals surface area (Å²) in [4.78, 5) is 26.8. The van der Waals surface area contributed by atoms with Crippen LogP contribution in [-0.4, -0.2) is 77.9 Å². The maximum atomic E-state index is 17.0. The fourth-order valence-electron chi connectivity index (χ4n) is 7.28. The maximum absolute atomic E-state index is 17.0. The van der Waals surface area contributed by atoms with Crippen LogP contribution in [0.3, 0.4) is 0 Å². The number of fused-ring (bicyclic) bond motifs is 9. The lowest BCUT2D eigenvalue weighted by molar-refractivity contribution is -0.121. The number of piperidine rings is 1. The van der Waals surface area contributed by atoms with Crippen molar-refractivity contribution in [2.24, 2.45) is 11.3 Å². The Balaban J connectivity index is 1.37. The van der Waals surface area contributed by atoms with E-state index in [2.05, 4.69) is 39.4 Å². The fourth-order valence-corrected chi connectivity index (χ4v) is 7.57. The highest BCUT2D eigenvalue weighted by atomic mass is 35.5. The van der Waals surface area contributed by atoms with Crippen LogP contribution >= 0.6 is 11.6 Å². The van der Waals surface area contributed by atoms with Crippen LogP contribution < -0.4 is 15.0 Å². The molecular weight excluding hydrogens is 593 g/mol. The molecule has 1 saturated heterocycles. The quantitative estimate of drug-likeness (QED) is 0.273. The monoisotopic (exact) mass is 633 g/mol. The van der Waals surface area contributed by atoms with Gasteiger partial charge in [-0.1, -0.05) is 17.7 Å². The summed E-state index contributed by atoms with van der Waals surface area (Å²) in [5.74, 6) is 0.751. The van der Waals surface area contributed by atoms with Crippen LogP contribution in [0.2, 0.25) is 5.02 Å². The number of hydrogen-bond donors (Lipinski definition) is 2. The summed E-state index contributed by atoms with van der Waals surface area (Å²) in [6, 6.07) is 5.84. The summed E-state index contributed by atoms with van der Waals surface area (Å²) in [5, 5.41) is 12.4. The second-order valence-electron chi connectivity index (χ2n) is 13.5. The van der Waals surface area contributed by atoms with Gasteiger partial charge >= 0.3 is 6.01 Å². The van der Waals surface area contributed by atoms with Crippen LogP contribution in [0, 0.1) is 17.2 Å². The molecule has 8 rings (SSSR count). The Morgan fingerprint density at radius 1 is 1.13 bits per heavy atom. The molecule has 0 unspecified atom stereocenters. The lowest BCUT2D eigenvalue weighted by atomic mass is 9.91. The largest absolute Gasteiger partial charge is 0.463 e. The Kier molecular flexibility index (Phi) is 8.29. The van der Waals surface area contributed by atoms with Crippen molar-refractivity contribution in [3.63, 3.8) is 0 Å². The molecule has 6 bridgehead atoms. The molecule has 238 valence electrons. The van der Waals surface area contributed by atoms with Gasteiger partial charge in [-0.15, -0.1) is 0 Å². The van der Waals surface area contributed by atoms with E-state index in [0.717, 1.165) is 81.0 Å².